The summed E-state index contributed by atoms with van der Waals surface area (Å²) in [6, 6.07) is 8.23. The molecule has 1 heterocycles. The summed E-state index contributed by atoms with van der Waals surface area (Å²) in [6.07, 6.45) is 0. The lowest BCUT2D eigenvalue weighted by Crippen LogP contribution is -2.09. The van der Waals surface area contributed by atoms with Crippen LogP contribution in [0, 0.1) is 10.1 Å². The first-order valence-electron chi connectivity index (χ1n) is 6.03. The molecule has 0 spiro atoms. The van der Waals surface area contributed by atoms with Crippen LogP contribution < -0.4 is 9.47 Å². The number of nitro groups is 1. The van der Waals surface area contributed by atoms with Gasteiger partial charge in [-0.15, -0.1) is 4.68 Å². The summed E-state index contributed by atoms with van der Waals surface area (Å²) < 4.78 is 11.2. The van der Waals surface area contributed by atoms with Gasteiger partial charge in [0.05, 0.1) is 18.8 Å². The molecule has 0 aliphatic rings. The van der Waals surface area contributed by atoms with Gasteiger partial charge in [0.25, 0.3) is 0 Å². The van der Waals surface area contributed by atoms with E-state index in [0.717, 1.165) is 11.6 Å². The highest BCUT2D eigenvalue weighted by atomic mass is 16.6. The van der Waals surface area contributed by atoms with E-state index in [1.807, 2.05) is 0 Å². The van der Waals surface area contributed by atoms with Crippen LogP contribution in [-0.4, -0.2) is 27.8 Å². The minimum atomic E-state index is -0.641. The van der Waals surface area contributed by atoms with E-state index in [-0.39, 0.29) is 18.2 Å². The van der Waals surface area contributed by atoms with Crippen molar-refractivity contribution in [1.82, 2.24) is 9.78 Å². The smallest absolute Gasteiger partial charge is 0.393 e. The van der Waals surface area contributed by atoms with Crippen LogP contribution in [0.25, 0.3) is 0 Å². The van der Waals surface area contributed by atoms with E-state index in [9.17, 15) is 14.9 Å². The SMILES string of the molecule is COc1ccc(Cn2nc([N+](=O)[O-])cc2OC(C)=O)cc1. The summed E-state index contributed by atoms with van der Waals surface area (Å²) in [5.74, 6) is -0.212. The third-order valence-corrected chi connectivity index (χ3v) is 2.66. The Balaban J connectivity index is 2.27. The lowest BCUT2D eigenvalue weighted by Gasteiger charge is -2.04. The number of carbonyl (C=O) groups excluding carboxylic acids is 1. The van der Waals surface area contributed by atoms with E-state index in [1.165, 1.54) is 11.6 Å². The molecule has 0 aliphatic carbocycles. The van der Waals surface area contributed by atoms with E-state index < -0.39 is 10.9 Å². The van der Waals surface area contributed by atoms with Crippen molar-refractivity contribution in [2.75, 3.05) is 7.11 Å². The Bertz CT molecular complexity index is 663. The topological polar surface area (TPSA) is 96.5 Å². The maximum absolute atomic E-state index is 11.0. The average molecular weight is 291 g/mol. The van der Waals surface area contributed by atoms with Crippen LogP contribution in [0.2, 0.25) is 0 Å². The zero-order valence-corrected chi connectivity index (χ0v) is 11.5. The van der Waals surface area contributed by atoms with Gasteiger partial charge < -0.3 is 19.6 Å². The number of aromatic nitrogens is 2. The number of methoxy groups -OCH3 is 1. The lowest BCUT2D eigenvalue weighted by atomic mass is 10.2. The van der Waals surface area contributed by atoms with Crippen LogP contribution in [0.15, 0.2) is 30.3 Å². The van der Waals surface area contributed by atoms with Crippen molar-refractivity contribution in [2.24, 2.45) is 0 Å². The first-order valence-corrected chi connectivity index (χ1v) is 6.03. The molecule has 0 amide bonds. The summed E-state index contributed by atoms with van der Waals surface area (Å²) in [6.45, 7) is 1.46. The number of nitrogens with zero attached hydrogens (tertiary/aromatic N) is 3. The van der Waals surface area contributed by atoms with Gasteiger partial charge in [-0.3, -0.25) is 4.79 Å². The second-order valence-electron chi connectivity index (χ2n) is 4.20. The van der Waals surface area contributed by atoms with Crippen molar-refractivity contribution in [3.05, 3.63) is 46.0 Å². The molecule has 0 aliphatic heterocycles. The Hall–Kier alpha value is -2.90. The standard InChI is InChI=1S/C13H13N3O5/c1-9(17)21-13-7-12(16(18)19)14-15(13)8-10-3-5-11(20-2)6-4-10/h3-7H,8H2,1-2H3. The van der Waals surface area contributed by atoms with Crippen LogP contribution in [0.5, 0.6) is 11.6 Å². The molecule has 0 atom stereocenters. The lowest BCUT2D eigenvalue weighted by molar-refractivity contribution is -0.389. The number of rotatable bonds is 5. The molecule has 2 aromatic rings. The third kappa shape index (κ3) is 3.56. The number of hydrogen-bond donors (Lipinski definition) is 0. The molecule has 8 nitrogen and oxygen atoms in total. The van der Waals surface area contributed by atoms with Crippen molar-refractivity contribution in [2.45, 2.75) is 13.5 Å². The Morgan fingerprint density at radius 3 is 2.57 bits per heavy atom. The molecular formula is C13H13N3O5. The second kappa shape index (κ2) is 6.04. The maximum Gasteiger partial charge on any atom is 0.393 e. The van der Waals surface area contributed by atoms with Gasteiger partial charge in [0.15, 0.2) is 0 Å². The molecule has 2 rings (SSSR count). The van der Waals surface area contributed by atoms with Crippen molar-refractivity contribution in [3.8, 4) is 11.6 Å². The van der Waals surface area contributed by atoms with Gasteiger partial charge in [0.1, 0.15) is 11.8 Å². The average Bonchev–Trinajstić information content (AvgIpc) is 2.82. The third-order valence-electron chi connectivity index (χ3n) is 2.66. The Morgan fingerprint density at radius 1 is 1.38 bits per heavy atom. The summed E-state index contributed by atoms with van der Waals surface area (Å²) in [7, 11) is 1.56. The molecule has 0 saturated carbocycles. The molecule has 0 radical (unpaired) electrons. The Labute approximate surface area is 120 Å². The van der Waals surface area contributed by atoms with E-state index >= 15 is 0 Å². The summed E-state index contributed by atoms with van der Waals surface area (Å²) in [4.78, 5) is 21.2. The van der Waals surface area contributed by atoms with Crippen LogP contribution in [0.1, 0.15) is 12.5 Å². The number of carbonyl (C=O) groups is 1. The number of hydrogen-bond acceptors (Lipinski definition) is 6. The molecule has 0 saturated heterocycles. The van der Waals surface area contributed by atoms with Gasteiger partial charge in [-0.05, 0) is 22.6 Å². The Morgan fingerprint density at radius 2 is 2.05 bits per heavy atom. The molecule has 110 valence electrons. The Kier molecular flexibility index (Phi) is 4.17. The quantitative estimate of drug-likeness (QED) is 0.473. The van der Waals surface area contributed by atoms with E-state index in [0.29, 0.717) is 5.75 Å². The molecular weight excluding hydrogens is 278 g/mol. The van der Waals surface area contributed by atoms with E-state index in [2.05, 4.69) is 5.10 Å². The fourth-order valence-corrected chi connectivity index (χ4v) is 1.72. The largest absolute Gasteiger partial charge is 0.497 e. The minimum absolute atomic E-state index is 0.0324. The molecule has 21 heavy (non-hydrogen) atoms. The van der Waals surface area contributed by atoms with Crippen LogP contribution >= 0.6 is 0 Å². The first-order chi connectivity index (χ1) is 9.99. The first kappa shape index (κ1) is 14.5. The van der Waals surface area contributed by atoms with Crippen molar-refractivity contribution in [3.63, 3.8) is 0 Å². The molecule has 0 N–H and O–H groups in total. The summed E-state index contributed by atoms with van der Waals surface area (Å²) >= 11 is 0. The fraction of sp³-hybridized carbons (Fsp3) is 0.231. The molecule has 0 unspecified atom stereocenters. The van der Waals surface area contributed by atoms with Crippen molar-refractivity contribution >= 4 is 11.8 Å². The highest BCUT2D eigenvalue weighted by molar-refractivity contribution is 5.68. The molecule has 8 heteroatoms. The number of ether oxygens (including phenoxy) is 2. The van der Waals surface area contributed by atoms with Crippen LogP contribution in [0.4, 0.5) is 5.82 Å². The van der Waals surface area contributed by atoms with Gasteiger partial charge >= 0.3 is 11.8 Å². The van der Waals surface area contributed by atoms with Gasteiger partial charge in [-0.2, -0.15) is 0 Å². The normalized spacial score (nSPS) is 10.2. The minimum Gasteiger partial charge on any atom is -0.497 e. The van der Waals surface area contributed by atoms with Gasteiger partial charge in [0.2, 0.25) is 5.88 Å². The highest BCUT2D eigenvalue weighted by Crippen LogP contribution is 2.21. The predicted octanol–water partition coefficient (Wildman–Crippen LogP) is 1.77. The number of esters is 1. The van der Waals surface area contributed by atoms with Crippen LogP contribution in [0.3, 0.4) is 0 Å². The molecule has 0 fully saturated rings. The number of benzene rings is 1. The predicted molar refractivity (Wildman–Crippen MR) is 72.3 cm³/mol. The van der Waals surface area contributed by atoms with Gasteiger partial charge in [0, 0.05) is 6.92 Å². The van der Waals surface area contributed by atoms with Crippen LogP contribution in [-0.2, 0) is 11.3 Å². The maximum atomic E-state index is 11.0. The van der Waals surface area contributed by atoms with Gasteiger partial charge in [-0.1, -0.05) is 12.1 Å². The highest BCUT2D eigenvalue weighted by Gasteiger charge is 2.20. The fourth-order valence-electron chi connectivity index (χ4n) is 1.72. The zero-order valence-electron chi connectivity index (χ0n) is 11.5. The molecule has 1 aromatic heterocycles. The summed E-state index contributed by atoms with van der Waals surface area (Å²) in [5.41, 5.74) is 0.835. The summed E-state index contributed by atoms with van der Waals surface area (Å²) in [5, 5.41) is 14.6. The second-order valence-corrected chi connectivity index (χ2v) is 4.20. The monoisotopic (exact) mass is 291 g/mol. The van der Waals surface area contributed by atoms with Crippen molar-refractivity contribution in [1.29, 1.82) is 0 Å². The van der Waals surface area contributed by atoms with Gasteiger partial charge in [-0.25, -0.2) is 0 Å². The molecule has 0 bridgehead atoms. The zero-order chi connectivity index (χ0) is 15.4. The van der Waals surface area contributed by atoms with E-state index in [1.54, 1.807) is 31.4 Å². The van der Waals surface area contributed by atoms with E-state index in [4.69, 9.17) is 9.47 Å². The molecule has 1 aromatic carbocycles. The van der Waals surface area contributed by atoms with Crippen molar-refractivity contribution < 1.29 is 19.2 Å².